The normalized spacial score (nSPS) is 36.2. The summed E-state index contributed by atoms with van der Waals surface area (Å²) in [5.41, 5.74) is -2.59. The van der Waals surface area contributed by atoms with Gasteiger partial charge in [0.15, 0.2) is 5.41 Å². The molecule has 1 atom stereocenters. The van der Waals surface area contributed by atoms with Crippen LogP contribution >= 0.6 is 0 Å². The van der Waals surface area contributed by atoms with Gasteiger partial charge in [-0.25, -0.2) is 0 Å². The van der Waals surface area contributed by atoms with Crippen LogP contribution < -0.4 is 0 Å². The molecule has 0 aromatic heterocycles. The van der Waals surface area contributed by atoms with E-state index in [-0.39, 0.29) is 25.1 Å². The van der Waals surface area contributed by atoms with Crippen LogP contribution in [-0.4, -0.2) is 54.5 Å². The number of carboxylic acid groups (broad SMARTS) is 1. The highest BCUT2D eigenvalue weighted by atomic mass is 19.4. The number of carbonyl (C=O) groups is 1. The van der Waals surface area contributed by atoms with Crippen molar-refractivity contribution in [2.24, 2.45) is 5.41 Å². The molecule has 0 radical (unpaired) electrons. The van der Waals surface area contributed by atoms with E-state index >= 15 is 0 Å². The second-order valence-corrected chi connectivity index (χ2v) is 5.77. The van der Waals surface area contributed by atoms with Crippen LogP contribution in [0.15, 0.2) is 0 Å². The molecule has 1 saturated heterocycles. The van der Waals surface area contributed by atoms with Crippen LogP contribution in [0.4, 0.5) is 13.2 Å². The summed E-state index contributed by atoms with van der Waals surface area (Å²) < 4.78 is 44.5. The van der Waals surface area contributed by atoms with Crippen molar-refractivity contribution in [1.82, 2.24) is 4.90 Å². The smallest absolute Gasteiger partial charge is 0.406 e. The van der Waals surface area contributed by atoms with Gasteiger partial charge in [0, 0.05) is 19.7 Å². The number of ether oxygens (including phenoxy) is 1. The van der Waals surface area contributed by atoms with Crippen LogP contribution in [0.2, 0.25) is 0 Å². The maximum atomic E-state index is 13.1. The Labute approximate surface area is 115 Å². The van der Waals surface area contributed by atoms with Gasteiger partial charge in [0.1, 0.15) is 0 Å². The molecule has 0 aromatic rings. The van der Waals surface area contributed by atoms with Crippen molar-refractivity contribution < 1.29 is 27.8 Å². The molecular weight excluding hydrogens is 275 g/mol. The van der Waals surface area contributed by atoms with Crippen LogP contribution in [0, 0.1) is 5.41 Å². The van der Waals surface area contributed by atoms with Gasteiger partial charge >= 0.3 is 12.1 Å². The van der Waals surface area contributed by atoms with Gasteiger partial charge in [0.2, 0.25) is 0 Å². The van der Waals surface area contributed by atoms with E-state index in [4.69, 9.17) is 9.84 Å². The summed E-state index contributed by atoms with van der Waals surface area (Å²) in [6.45, 7) is -0.220. The first kappa shape index (κ1) is 15.6. The number of hydrogen-bond donors (Lipinski definition) is 1. The summed E-state index contributed by atoms with van der Waals surface area (Å²) >= 11 is 0. The van der Waals surface area contributed by atoms with Gasteiger partial charge in [-0.05, 0) is 38.6 Å². The predicted molar refractivity (Wildman–Crippen MR) is 65.4 cm³/mol. The third-order valence-corrected chi connectivity index (χ3v) is 4.74. The molecule has 2 fully saturated rings. The van der Waals surface area contributed by atoms with E-state index in [1.807, 2.05) is 0 Å². The highest BCUT2D eigenvalue weighted by molar-refractivity contribution is 5.76. The van der Waals surface area contributed by atoms with Gasteiger partial charge in [-0.3, -0.25) is 9.69 Å². The molecule has 0 aromatic carbocycles. The largest absolute Gasteiger partial charge is 0.481 e. The van der Waals surface area contributed by atoms with Gasteiger partial charge in [-0.15, -0.1) is 0 Å². The minimum atomic E-state index is -4.70. The minimum Gasteiger partial charge on any atom is -0.481 e. The first-order chi connectivity index (χ1) is 9.30. The molecule has 2 aliphatic rings. The van der Waals surface area contributed by atoms with Gasteiger partial charge in [0.25, 0.3) is 0 Å². The fraction of sp³-hybridized carbons (Fsp3) is 0.923. The molecule has 1 aliphatic carbocycles. The highest BCUT2D eigenvalue weighted by Crippen LogP contribution is 2.47. The van der Waals surface area contributed by atoms with Gasteiger partial charge in [-0.2, -0.15) is 13.2 Å². The fourth-order valence-corrected chi connectivity index (χ4v) is 3.32. The number of rotatable bonds is 3. The fourth-order valence-electron chi connectivity index (χ4n) is 3.32. The van der Waals surface area contributed by atoms with Crippen molar-refractivity contribution in [3.8, 4) is 0 Å². The molecule has 2 rings (SSSR count). The second kappa shape index (κ2) is 5.52. The van der Waals surface area contributed by atoms with E-state index < -0.39 is 24.1 Å². The number of likely N-dealkylation sites (tertiary alicyclic amines) is 1. The van der Waals surface area contributed by atoms with Crippen molar-refractivity contribution in [3.63, 3.8) is 0 Å². The van der Waals surface area contributed by atoms with E-state index in [2.05, 4.69) is 0 Å². The first-order valence-corrected chi connectivity index (χ1v) is 6.87. The van der Waals surface area contributed by atoms with Crippen molar-refractivity contribution in [2.75, 3.05) is 20.2 Å². The average molecular weight is 295 g/mol. The molecule has 116 valence electrons. The third kappa shape index (κ3) is 2.65. The topological polar surface area (TPSA) is 49.8 Å². The summed E-state index contributed by atoms with van der Waals surface area (Å²) in [6.07, 6.45) is -1.68. The SMILES string of the molecule is COC1CCC(N2CCC(C(=O)O)(C(F)(F)F)C2)CC1. The number of halogens is 3. The lowest BCUT2D eigenvalue weighted by atomic mass is 9.86. The van der Waals surface area contributed by atoms with Gasteiger partial charge < -0.3 is 9.84 Å². The standard InChI is InChI=1S/C13H20F3NO3/c1-20-10-4-2-9(3-5-10)17-7-6-12(8-17,11(18)19)13(14,15)16/h9-10H,2-8H2,1H3,(H,18,19). The third-order valence-electron chi connectivity index (χ3n) is 4.74. The van der Waals surface area contributed by atoms with Crippen molar-refractivity contribution >= 4 is 5.97 Å². The molecule has 1 N–H and O–H groups in total. The molecule has 1 aliphatic heterocycles. The van der Waals surface area contributed by atoms with Crippen molar-refractivity contribution in [3.05, 3.63) is 0 Å². The summed E-state index contributed by atoms with van der Waals surface area (Å²) in [6, 6.07) is 0.0463. The molecule has 1 unspecified atom stereocenters. The number of aliphatic carboxylic acids is 1. The molecule has 0 spiro atoms. The lowest BCUT2D eigenvalue weighted by Crippen LogP contribution is -2.48. The van der Waals surface area contributed by atoms with E-state index in [0.717, 1.165) is 25.7 Å². The summed E-state index contributed by atoms with van der Waals surface area (Å²) in [4.78, 5) is 12.8. The zero-order valence-corrected chi connectivity index (χ0v) is 11.4. The van der Waals surface area contributed by atoms with Crippen LogP contribution in [0.25, 0.3) is 0 Å². The summed E-state index contributed by atoms with van der Waals surface area (Å²) in [5, 5.41) is 9.03. The van der Waals surface area contributed by atoms with Crippen LogP contribution in [-0.2, 0) is 9.53 Å². The number of alkyl halides is 3. The second-order valence-electron chi connectivity index (χ2n) is 5.77. The molecule has 0 bridgehead atoms. The molecule has 20 heavy (non-hydrogen) atoms. The lowest BCUT2D eigenvalue weighted by molar-refractivity contribution is -0.228. The van der Waals surface area contributed by atoms with Crippen molar-refractivity contribution in [2.45, 2.75) is 50.4 Å². The van der Waals surface area contributed by atoms with Gasteiger partial charge in [0.05, 0.1) is 6.10 Å². The van der Waals surface area contributed by atoms with E-state index in [1.165, 1.54) is 0 Å². The molecule has 4 nitrogen and oxygen atoms in total. The average Bonchev–Trinajstić information content (AvgIpc) is 2.85. The van der Waals surface area contributed by atoms with Crippen LogP contribution in [0.5, 0.6) is 0 Å². The maximum Gasteiger partial charge on any atom is 0.406 e. The number of methoxy groups -OCH3 is 1. The molecular formula is C13H20F3NO3. The number of carboxylic acids is 1. The Bertz CT molecular complexity index is 366. The highest BCUT2D eigenvalue weighted by Gasteiger charge is 2.64. The van der Waals surface area contributed by atoms with Gasteiger partial charge in [-0.1, -0.05) is 0 Å². The molecule has 1 saturated carbocycles. The Morgan fingerprint density at radius 1 is 1.30 bits per heavy atom. The zero-order valence-electron chi connectivity index (χ0n) is 11.4. The van der Waals surface area contributed by atoms with E-state index in [9.17, 15) is 18.0 Å². The monoisotopic (exact) mass is 295 g/mol. The predicted octanol–water partition coefficient (Wildman–Crippen LogP) is 2.28. The molecule has 7 heteroatoms. The zero-order chi connectivity index (χ0) is 15.0. The van der Waals surface area contributed by atoms with E-state index in [0.29, 0.717) is 0 Å². The molecule has 1 heterocycles. The maximum absolute atomic E-state index is 13.1. The molecule has 0 amide bonds. The Morgan fingerprint density at radius 2 is 1.90 bits per heavy atom. The number of hydrogen-bond acceptors (Lipinski definition) is 3. The Hall–Kier alpha value is -0.820. The lowest BCUT2D eigenvalue weighted by Gasteiger charge is -2.35. The Morgan fingerprint density at radius 3 is 2.30 bits per heavy atom. The summed E-state index contributed by atoms with van der Waals surface area (Å²) in [5.74, 6) is -1.75. The van der Waals surface area contributed by atoms with Crippen LogP contribution in [0.1, 0.15) is 32.1 Å². The van der Waals surface area contributed by atoms with E-state index in [1.54, 1.807) is 12.0 Å². The first-order valence-electron chi connectivity index (χ1n) is 6.87. The summed E-state index contributed by atoms with van der Waals surface area (Å²) in [7, 11) is 1.64. The van der Waals surface area contributed by atoms with Crippen molar-refractivity contribution in [1.29, 1.82) is 0 Å². The Kier molecular flexibility index (Phi) is 4.30. The van der Waals surface area contributed by atoms with Crippen LogP contribution in [0.3, 0.4) is 0 Å². The number of nitrogens with zero attached hydrogens (tertiary/aromatic N) is 1. The minimum absolute atomic E-state index is 0.0463. The quantitative estimate of drug-likeness (QED) is 0.868. The Balaban J connectivity index is 2.03.